The Labute approximate surface area is 98.4 Å². The van der Waals surface area contributed by atoms with Gasteiger partial charge in [0.2, 0.25) is 0 Å². The van der Waals surface area contributed by atoms with Crippen LogP contribution >= 0.6 is 0 Å². The molecule has 0 amide bonds. The van der Waals surface area contributed by atoms with E-state index in [1.165, 1.54) is 30.5 Å². The monoisotopic (exact) mass is 218 g/mol. The fourth-order valence-corrected chi connectivity index (χ4v) is 2.78. The summed E-state index contributed by atoms with van der Waals surface area (Å²) in [6.07, 6.45) is 3.87. The van der Waals surface area contributed by atoms with Crippen molar-refractivity contribution in [1.29, 1.82) is 0 Å². The van der Waals surface area contributed by atoms with Gasteiger partial charge in [0, 0.05) is 24.3 Å². The second-order valence-electron chi connectivity index (χ2n) is 4.77. The van der Waals surface area contributed by atoms with Crippen LogP contribution in [0.2, 0.25) is 0 Å². The lowest BCUT2D eigenvalue weighted by Crippen LogP contribution is -2.34. The second kappa shape index (κ2) is 4.88. The molecule has 1 heterocycles. The minimum absolute atomic E-state index is 0.632. The van der Waals surface area contributed by atoms with E-state index in [0.717, 1.165) is 0 Å². The smallest absolute Gasteiger partial charge is 0.0374 e. The molecule has 2 heteroatoms. The van der Waals surface area contributed by atoms with Crippen molar-refractivity contribution in [1.82, 2.24) is 0 Å². The lowest BCUT2D eigenvalue weighted by Gasteiger charge is -2.30. The van der Waals surface area contributed by atoms with E-state index in [4.69, 9.17) is 5.73 Å². The van der Waals surface area contributed by atoms with Gasteiger partial charge in [-0.1, -0.05) is 19.1 Å². The summed E-state index contributed by atoms with van der Waals surface area (Å²) in [7, 11) is 0. The summed E-state index contributed by atoms with van der Waals surface area (Å²) in [6, 6.07) is 10.1. The molecule has 0 saturated carbocycles. The van der Waals surface area contributed by atoms with Crippen molar-refractivity contribution in [3.8, 4) is 0 Å². The van der Waals surface area contributed by atoms with Gasteiger partial charge >= 0.3 is 0 Å². The highest BCUT2D eigenvalue weighted by Gasteiger charge is 2.29. The van der Waals surface area contributed by atoms with Gasteiger partial charge in [0.1, 0.15) is 0 Å². The van der Waals surface area contributed by atoms with Crippen LogP contribution < -0.4 is 10.6 Å². The van der Waals surface area contributed by atoms with Gasteiger partial charge in [-0.2, -0.15) is 0 Å². The third-order valence-corrected chi connectivity index (χ3v) is 3.70. The zero-order valence-corrected chi connectivity index (χ0v) is 10.3. The first-order valence-electron chi connectivity index (χ1n) is 6.33. The van der Waals surface area contributed by atoms with Crippen LogP contribution in [0, 0.1) is 0 Å². The molecule has 0 bridgehead atoms. The van der Waals surface area contributed by atoms with Gasteiger partial charge in [-0.15, -0.1) is 0 Å². The molecule has 1 aliphatic rings. The van der Waals surface area contributed by atoms with E-state index in [1.807, 2.05) is 0 Å². The van der Waals surface area contributed by atoms with E-state index in [-0.39, 0.29) is 0 Å². The zero-order chi connectivity index (χ0) is 11.5. The fraction of sp³-hybridized carbons (Fsp3) is 0.571. The Morgan fingerprint density at radius 3 is 2.88 bits per heavy atom. The number of rotatable bonds is 3. The van der Waals surface area contributed by atoms with E-state index >= 15 is 0 Å². The van der Waals surface area contributed by atoms with Crippen molar-refractivity contribution in [2.75, 3.05) is 4.90 Å². The van der Waals surface area contributed by atoms with Crippen LogP contribution in [-0.4, -0.2) is 12.1 Å². The van der Waals surface area contributed by atoms with Crippen LogP contribution in [0.5, 0.6) is 0 Å². The quantitative estimate of drug-likeness (QED) is 0.845. The average Bonchev–Trinajstić information content (AvgIpc) is 2.70. The summed E-state index contributed by atoms with van der Waals surface area (Å²) in [5.74, 6) is 0. The Morgan fingerprint density at radius 1 is 1.38 bits per heavy atom. The molecule has 2 rings (SSSR count). The lowest BCUT2D eigenvalue weighted by molar-refractivity contribution is 0.628. The minimum Gasteiger partial charge on any atom is -0.366 e. The highest BCUT2D eigenvalue weighted by Crippen LogP contribution is 2.32. The Kier molecular flexibility index (Phi) is 3.49. The molecule has 1 aliphatic heterocycles. The maximum Gasteiger partial charge on any atom is 0.0374 e. The van der Waals surface area contributed by atoms with Gasteiger partial charge in [-0.3, -0.25) is 0 Å². The summed E-state index contributed by atoms with van der Waals surface area (Å²) in [6.45, 7) is 5.24. The topological polar surface area (TPSA) is 29.3 Å². The molecule has 2 atom stereocenters. The number of nitrogens with zero attached hydrogens (tertiary/aromatic N) is 1. The number of hydrogen-bond acceptors (Lipinski definition) is 2. The summed E-state index contributed by atoms with van der Waals surface area (Å²) >= 11 is 0. The summed E-state index contributed by atoms with van der Waals surface area (Å²) in [4.78, 5) is 2.57. The standard InChI is InChI=1S/C14H22N2/c1-3-13-8-7-11(2)16(13)14-6-4-5-12(9-14)10-15/h4-6,9,11,13H,3,7-8,10,15H2,1-2H3. The van der Waals surface area contributed by atoms with Crippen molar-refractivity contribution >= 4 is 5.69 Å². The van der Waals surface area contributed by atoms with Crippen molar-refractivity contribution < 1.29 is 0 Å². The SMILES string of the molecule is CCC1CCC(C)N1c1cccc(CN)c1. The van der Waals surface area contributed by atoms with Gasteiger partial charge in [0.25, 0.3) is 0 Å². The number of hydrogen-bond donors (Lipinski definition) is 1. The molecule has 0 aromatic heterocycles. The maximum absolute atomic E-state index is 5.70. The highest BCUT2D eigenvalue weighted by molar-refractivity contribution is 5.51. The van der Waals surface area contributed by atoms with Crippen LogP contribution in [0.25, 0.3) is 0 Å². The van der Waals surface area contributed by atoms with Crippen molar-refractivity contribution in [3.05, 3.63) is 29.8 Å². The fourth-order valence-electron chi connectivity index (χ4n) is 2.78. The number of benzene rings is 1. The van der Waals surface area contributed by atoms with Crippen LogP contribution in [0.15, 0.2) is 24.3 Å². The van der Waals surface area contributed by atoms with Gasteiger partial charge in [-0.25, -0.2) is 0 Å². The normalized spacial score (nSPS) is 25.1. The van der Waals surface area contributed by atoms with Gasteiger partial charge in [-0.05, 0) is 43.9 Å². The molecule has 1 aromatic carbocycles. The van der Waals surface area contributed by atoms with E-state index < -0.39 is 0 Å². The predicted octanol–water partition coefficient (Wildman–Crippen LogP) is 2.91. The van der Waals surface area contributed by atoms with E-state index in [1.54, 1.807) is 0 Å². The summed E-state index contributed by atoms with van der Waals surface area (Å²) < 4.78 is 0. The van der Waals surface area contributed by atoms with Crippen LogP contribution in [0.1, 0.15) is 38.7 Å². The average molecular weight is 218 g/mol. The largest absolute Gasteiger partial charge is 0.366 e. The van der Waals surface area contributed by atoms with E-state index in [2.05, 4.69) is 43.0 Å². The molecule has 1 saturated heterocycles. The first-order valence-corrected chi connectivity index (χ1v) is 6.33. The molecule has 1 fully saturated rings. The van der Waals surface area contributed by atoms with Gasteiger partial charge in [0.15, 0.2) is 0 Å². The molecule has 0 aliphatic carbocycles. The minimum atomic E-state index is 0.632. The second-order valence-corrected chi connectivity index (χ2v) is 4.77. The molecule has 88 valence electrons. The lowest BCUT2D eigenvalue weighted by atomic mass is 10.1. The Morgan fingerprint density at radius 2 is 2.19 bits per heavy atom. The third-order valence-electron chi connectivity index (χ3n) is 3.70. The van der Waals surface area contributed by atoms with Crippen molar-refractivity contribution in [2.45, 2.75) is 51.7 Å². The Hall–Kier alpha value is -1.02. The van der Waals surface area contributed by atoms with Crippen LogP contribution in [0.4, 0.5) is 5.69 Å². The Bertz CT molecular complexity index is 348. The molecular formula is C14H22N2. The van der Waals surface area contributed by atoms with E-state index in [0.29, 0.717) is 18.6 Å². The molecule has 16 heavy (non-hydrogen) atoms. The first kappa shape index (κ1) is 11.5. The molecule has 2 nitrogen and oxygen atoms in total. The molecule has 2 N–H and O–H groups in total. The van der Waals surface area contributed by atoms with E-state index in [9.17, 15) is 0 Å². The molecular weight excluding hydrogens is 196 g/mol. The first-order chi connectivity index (χ1) is 7.76. The molecule has 1 aromatic rings. The number of anilines is 1. The predicted molar refractivity (Wildman–Crippen MR) is 69.6 cm³/mol. The summed E-state index contributed by atoms with van der Waals surface area (Å²) in [5.41, 5.74) is 8.28. The van der Waals surface area contributed by atoms with Crippen LogP contribution in [-0.2, 0) is 6.54 Å². The van der Waals surface area contributed by atoms with Gasteiger partial charge < -0.3 is 10.6 Å². The van der Waals surface area contributed by atoms with Crippen molar-refractivity contribution in [2.24, 2.45) is 5.73 Å². The van der Waals surface area contributed by atoms with Gasteiger partial charge in [0.05, 0.1) is 0 Å². The third kappa shape index (κ3) is 2.07. The highest BCUT2D eigenvalue weighted by atomic mass is 15.2. The van der Waals surface area contributed by atoms with Crippen LogP contribution in [0.3, 0.4) is 0 Å². The molecule has 0 radical (unpaired) electrons. The maximum atomic E-state index is 5.70. The van der Waals surface area contributed by atoms with Crippen molar-refractivity contribution in [3.63, 3.8) is 0 Å². The molecule has 0 spiro atoms. The Balaban J connectivity index is 2.27. The zero-order valence-electron chi connectivity index (χ0n) is 10.3. The number of nitrogens with two attached hydrogens (primary N) is 1. The molecule has 2 unspecified atom stereocenters. The summed E-state index contributed by atoms with van der Waals surface area (Å²) in [5, 5.41) is 0.